The van der Waals surface area contributed by atoms with Crippen LogP contribution in [0.4, 0.5) is 0 Å². The smallest absolute Gasteiger partial charge is 0.338 e. The predicted octanol–water partition coefficient (Wildman–Crippen LogP) is 5.54. The number of hydrogen-bond donors (Lipinski definition) is 0. The van der Waals surface area contributed by atoms with E-state index in [2.05, 4.69) is 31.9 Å². The van der Waals surface area contributed by atoms with E-state index in [4.69, 9.17) is 9.47 Å². The highest BCUT2D eigenvalue weighted by Crippen LogP contribution is 2.25. The number of hydrogen-bond acceptors (Lipinski definition) is 4. The van der Waals surface area contributed by atoms with Crippen molar-refractivity contribution < 1.29 is 19.1 Å². The molecule has 6 heteroatoms. The first kappa shape index (κ1) is 19.1. The van der Waals surface area contributed by atoms with Gasteiger partial charge in [0.05, 0.1) is 11.1 Å². The first-order valence-corrected chi connectivity index (χ1v) is 10.0. The molecule has 0 N–H and O–H groups in total. The average Bonchev–Trinajstić information content (AvgIpc) is 2.64. The zero-order valence-electron chi connectivity index (χ0n) is 14.0. The third kappa shape index (κ3) is 5.17. The Hall–Kier alpha value is -1.66. The zero-order valence-corrected chi connectivity index (χ0v) is 17.2. The largest absolute Gasteiger partial charge is 0.459 e. The Morgan fingerprint density at radius 3 is 1.27 bits per heavy atom. The van der Waals surface area contributed by atoms with Crippen molar-refractivity contribution in [1.82, 2.24) is 0 Å². The van der Waals surface area contributed by atoms with Gasteiger partial charge in [-0.25, -0.2) is 9.59 Å². The van der Waals surface area contributed by atoms with Crippen LogP contribution in [0.5, 0.6) is 0 Å². The molecule has 1 fully saturated rings. The van der Waals surface area contributed by atoms with E-state index >= 15 is 0 Å². The molecular weight excluding hydrogens is 464 g/mol. The van der Waals surface area contributed by atoms with Gasteiger partial charge in [-0.2, -0.15) is 0 Å². The number of carbonyl (C=O) groups excluding carboxylic acids is 2. The minimum absolute atomic E-state index is 0.131. The lowest BCUT2D eigenvalue weighted by Gasteiger charge is -2.28. The van der Waals surface area contributed by atoms with Gasteiger partial charge in [-0.15, -0.1) is 0 Å². The number of esters is 2. The maximum atomic E-state index is 12.2. The van der Waals surface area contributed by atoms with Crippen molar-refractivity contribution in [2.75, 3.05) is 0 Å². The third-order valence-electron chi connectivity index (χ3n) is 4.33. The van der Waals surface area contributed by atoms with Gasteiger partial charge in [0, 0.05) is 8.95 Å². The molecule has 2 aromatic carbocycles. The normalized spacial score (nSPS) is 19.6. The first-order chi connectivity index (χ1) is 12.5. The minimum Gasteiger partial charge on any atom is -0.459 e. The maximum Gasteiger partial charge on any atom is 0.338 e. The summed E-state index contributed by atoms with van der Waals surface area (Å²) in [5.74, 6) is -0.624. The van der Waals surface area contributed by atoms with E-state index in [1.54, 1.807) is 24.3 Å². The molecule has 0 heterocycles. The molecule has 0 aromatic heterocycles. The fraction of sp³-hybridized carbons (Fsp3) is 0.300. The van der Waals surface area contributed by atoms with E-state index in [1.165, 1.54) is 0 Å². The van der Waals surface area contributed by atoms with Gasteiger partial charge in [0.25, 0.3) is 0 Å². The summed E-state index contributed by atoms with van der Waals surface area (Å²) in [6.45, 7) is 0. The summed E-state index contributed by atoms with van der Waals surface area (Å²) in [5.41, 5.74) is 1.08. The SMILES string of the molecule is O=C(OC1CCC(OC(=O)c2ccc(Br)cc2)CC1)c1ccc(Br)cc1. The predicted molar refractivity (Wildman–Crippen MR) is 105 cm³/mol. The quantitative estimate of drug-likeness (QED) is 0.538. The molecule has 4 nitrogen and oxygen atoms in total. The van der Waals surface area contributed by atoms with Crippen molar-refractivity contribution in [2.45, 2.75) is 37.9 Å². The lowest BCUT2D eigenvalue weighted by molar-refractivity contribution is -0.0108. The molecule has 0 spiro atoms. The second-order valence-electron chi connectivity index (χ2n) is 6.22. The molecule has 3 rings (SSSR count). The first-order valence-electron chi connectivity index (χ1n) is 8.44. The van der Waals surface area contributed by atoms with E-state index in [0.717, 1.165) is 8.95 Å². The Kier molecular flexibility index (Phi) is 6.48. The van der Waals surface area contributed by atoms with E-state index in [0.29, 0.717) is 36.8 Å². The van der Waals surface area contributed by atoms with Crippen LogP contribution in [0.15, 0.2) is 57.5 Å². The van der Waals surface area contributed by atoms with Crippen LogP contribution >= 0.6 is 31.9 Å². The molecule has 0 atom stereocenters. The summed E-state index contributed by atoms with van der Waals surface area (Å²) in [6.07, 6.45) is 2.52. The van der Waals surface area contributed by atoms with E-state index < -0.39 is 0 Å². The van der Waals surface area contributed by atoms with Gasteiger partial charge in [0.1, 0.15) is 12.2 Å². The Morgan fingerprint density at radius 2 is 0.962 bits per heavy atom. The van der Waals surface area contributed by atoms with Gasteiger partial charge in [-0.05, 0) is 74.2 Å². The summed E-state index contributed by atoms with van der Waals surface area (Å²) in [6, 6.07) is 14.2. The Balaban J connectivity index is 1.46. The lowest BCUT2D eigenvalue weighted by Crippen LogP contribution is -2.29. The number of carbonyl (C=O) groups is 2. The molecule has 0 amide bonds. The molecule has 1 saturated carbocycles. The number of rotatable bonds is 4. The molecule has 0 unspecified atom stereocenters. The second kappa shape index (κ2) is 8.82. The van der Waals surface area contributed by atoms with Gasteiger partial charge >= 0.3 is 11.9 Å². The Labute approximate surface area is 169 Å². The van der Waals surface area contributed by atoms with Crippen LogP contribution < -0.4 is 0 Å². The second-order valence-corrected chi connectivity index (χ2v) is 8.05. The molecule has 0 aliphatic heterocycles. The number of ether oxygens (including phenoxy) is 2. The molecule has 0 radical (unpaired) electrons. The summed E-state index contributed by atoms with van der Waals surface area (Å²) < 4.78 is 13.0. The highest BCUT2D eigenvalue weighted by molar-refractivity contribution is 9.10. The summed E-state index contributed by atoms with van der Waals surface area (Å²) in [7, 11) is 0. The third-order valence-corrected chi connectivity index (χ3v) is 5.39. The summed E-state index contributed by atoms with van der Waals surface area (Å²) in [4.78, 5) is 24.3. The van der Waals surface area contributed by atoms with Gasteiger partial charge in [0.15, 0.2) is 0 Å². The van der Waals surface area contributed by atoms with E-state index in [9.17, 15) is 9.59 Å². The van der Waals surface area contributed by atoms with Crippen molar-refractivity contribution in [1.29, 1.82) is 0 Å². The number of halogens is 2. The Bertz CT molecular complexity index is 696. The van der Waals surface area contributed by atoms with Crippen LogP contribution in [0.2, 0.25) is 0 Å². The molecule has 0 bridgehead atoms. The van der Waals surface area contributed by atoms with Crippen LogP contribution in [0.3, 0.4) is 0 Å². The van der Waals surface area contributed by atoms with Crippen LogP contribution in [0.1, 0.15) is 46.4 Å². The molecule has 136 valence electrons. The lowest BCUT2D eigenvalue weighted by atomic mass is 9.95. The summed E-state index contributed by atoms with van der Waals surface area (Å²) >= 11 is 6.69. The van der Waals surface area contributed by atoms with Crippen molar-refractivity contribution in [3.63, 3.8) is 0 Å². The van der Waals surface area contributed by atoms with Crippen molar-refractivity contribution in [3.05, 3.63) is 68.6 Å². The van der Waals surface area contributed by atoms with Crippen molar-refractivity contribution >= 4 is 43.8 Å². The monoisotopic (exact) mass is 480 g/mol. The molecular formula is C20H18Br2O4. The summed E-state index contributed by atoms with van der Waals surface area (Å²) in [5, 5.41) is 0. The topological polar surface area (TPSA) is 52.6 Å². The van der Waals surface area contributed by atoms with Crippen LogP contribution in [0, 0.1) is 0 Å². The van der Waals surface area contributed by atoms with Crippen LogP contribution in [-0.2, 0) is 9.47 Å². The van der Waals surface area contributed by atoms with Crippen LogP contribution in [-0.4, -0.2) is 24.1 Å². The van der Waals surface area contributed by atoms with Gasteiger partial charge in [-0.3, -0.25) is 0 Å². The molecule has 26 heavy (non-hydrogen) atoms. The average molecular weight is 482 g/mol. The highest BCUT2D eigenvalue weighted by atomic mass is 79.9. The highest BCUT2D eigenvalue weighted by Gasteiger charge is 2.27. The molecule has 1 aliphatic carbocycles. The molecule has 1 aliphatic rings. The van der Waals surface area contributed by atoms with Gasteiger partial charge < -0.3 is 9.47 Å². The standard InChI is InChI=1S/C20H18Br2O4/c21-15-5-1-13(2-6-15)19(23)25-17-9-11-18(12-10-17)26-20(24)14-3-7-16(22)8-4-14/h1-8,17-18H,9-12H2. The van der Waals surface area contributed by atoms with E-state index in [1.807, 2.05) is 24.3 Å². The van der Waals surface area contributed by atoms with Crippen molar-refractivity contribution in [2.24, 2.45) is 0 Å². The zero-order chi connectivity index (χ0) is 18.5. The van der Waals surface area contributed by atoms with Crippen LogP contribution in [0.25, 0.3) is 0 Å². The Morgan fingerprint density at radius 1 is 0.654 bits per heavy atom. The van der Waals surface area contributed by atoms with Gasteiger partial charge in [0.2, 0.25) is 0 Å². The molecule has 2 aromatic rings. The minimum atomic E-state index is -0.312. The fourth-order valence-electron chi connectivity index (χ4n) is 2.88. The molecule has 0 saturated heterocycles. The van der Waals surface area contributed by atoms with Gasteiger partial charge in [-0.1, -0.05) is 31.9 Å². The van der Waals surface area contributed by atoms with Crippen molar-refractivity contribution in [3.8, 4) is 0 Å². The fourth-order valence-corrected chi connectivity index (χ4v) is 3.41. The van der Waals surface area contributed by atoms with E-state index in [-0.39, 0.29) is 24.1 Å². The maximum absolute atomic E-state index is 12.2. The number of benzene rings is 2.